The molecule has 0 aliphatic rings. The predicted molar refractivity (Wildman–Crippen MR) is 77.0 cm³/mol. The fraction of sp³-hybridized carbons (Fsp3) is 0.250. The summed E-state index contributed by atoms with van der Waals surface area (Å²) in [6, 6.07) is 13.0. The van der Waals surface area contributed by atoms with Gasteiger partial charge in [-0.3, -0.25) is 0 Å². The van der Waals surface area contributed by atoms with Crippen molar-refractivity contribution in [3.05, 3.63) is 59.8 Å². The third-order valence-corrected chi connectivity index (χ3v) is 2.85. The van der Waals surface area contributed by atoms with E-state index in [0.717, 1.165) is 5.56 Å². The third-order valence-electron chi connectivity index (χ3n) is 2.85. The Hall–Kier alpha value is -2.40. The van der Waals surface area contributed by atoms with Gasteiger partial charge in [0.1, 0.15) is 6.61 Å². The number of ether oxygens (including phenoxy) is 2. The van der Waals surface area contributed by atoms with Crippen molar-refractivity contribution in [3.8, 4) is 5.88 Å². The number of aliphatic carboxylic acids is 1. The molecular formula is C16H17NO4. The number of aromatic nitrogens is 1. The van der Waals surface area contributed by atoms with Crippen LogP contribution in [-0.4, -0.2) is 22.7 Å². The summed E-state index contributed by atoms with van der Waals surface area (Å²) >= 11 is 0. The van der Waals surface area contributed by atoms with Gasteiger partial charge < -0.3 is 14.6 Å². The summed E-state index contributed by atoms with van der Waals surface area (Å²) in [5, 5.41) is 9.10. The van der Waals surface area contributed by atoms with Gasteiger partial charge in [-0.25, -0.2) is 9.78 Å². The highest BCUT2D eigenvalue weighted by Gasteiger charge is 2.20. The van der Waals surface area contributed by atoms with E-state index in [9.17, 15) is 4.79 Å². The number of rotatable bonds is 7. The van der Waals surface area contributed by atoms with Gasteiger partial charge in [0.25, 0.3) is 0 Å². The zero-order valence-electron chi connectivity index (χ0n) is 11.7. The molecule has 0 bridgehead atoms. The van der Waals surface area contributed by atoms with Gasteiger partial charge >= 0.3 is 5.97 Å². The molecule has 0 aliphatic heterocycles. The molecule has 1 aromatic carbocycles. The first-order valence-corrected chi connectivity index (χ1v) is 6.67. The Morgan fingerprint density at radius 2 is 2.00 bits per heavy atom. The lowest BCUT2D eigenvalue weighted by atomic mass is 10.1. The zero-order valence-corrected chi connectivity index (χ0v) is 11.7. The van der Waals surface area contributed by atoms with Gasteiger partial charge in [-0.2, -0.15) is 0 Å². The van der Waals surface area contributed by atoms with Gasteiger partial charge in [0.15, 0.2) is 6.10 Å². The molecule has 0 spiro atoms. The molecule has 5 heteroatoms. The summed E-state index contributed by atoms with van der Waals surface area (Å²) in [5.41, 5.74) is 1.54. The first-order chi connectivity index (χ1) is 10.2. The van der Waals surface area contributed by atoms with Gasteiger partial charge in [-0.05, 0) is 18.6 Å². The van der Waals surface area contributed by atoms with E-state index in [1.54, 1.807) is 19.1 Å². The van der Waals surface area contributed by atoms with Crippen LogP contribution in [0.4, 0.5) is 0 Å². The Bertz CT molecular complexity index is 569. The van der Waals surface area contributed by atoms with E-state index in [1.165, 1.54) is 6.20 Å². The predicted octanol–water partition coefficient (Wildman–Crippen LogP) is 2.82. The monoisotopic (exact) mass is 287 g/mol. The molecule has 110 valence electrons. The van der Waals surface area contributed by atoms with Crippen LogP contribution in [0.1, 0.15) is 24.2 Å². The fourth-order valence-corrected chi connectivity index (χ4v) is 1.84. The number of carbonyl (C=O) groups is 1. The molecule has 1 N–H and O–H groups in total. The summed E-state index contributed by atoms with van der Waals surface area (Å²) in [5.74, 6) is -0.583. The van der Waals surface area contributed by atoms with E-state index >= 15 is 0 Å². The Morgan fingerprint density at radius 3 is 2.57 bits per heavy atom. The molecule has 0 fully saturated rings. The number of carboxylic acids is 1. The molecule has 0 saturated carbocycles. The molecule has 2 rings (SSSR count). The molecule has 1 atom stereocenters. The minimum absolute atomic E-state index is 0.323. The zero-order chi connectivity index (χ0) is 15.1. The maximum atomic E-state index is 11.1. The standard InChI is InChI=1S/C16H17NO4/c1-2-20-15(16(18)19)13-8-9-14(17-10-13)21-11-12-6-4-3-5-7-12/h3-10,15H,2,11H2,1H3,(H,18,19). The summed E-state index contributed by atoms with van der Waals surface area (Å²) in [7, 11) is 0. The molecule has 0 aliphatic carbocycles. The summed E-state index contributed by atoms with van der Waals surface area (Å²) in [4.78, 5) is 15.2. The lowest BCUT2D eigenvalue weighted by molar-refractivity contribution is -0.150. The SMILES string of the molecule is CCOC(C(=O)O)c1ccc(OCc2ccccc2)nc1. The van der Waals surface area contributed by atoms with Crippen molar-refractivity contribution >= 4 is 5.97 Å². The molecule has 5 nitrogen and oxygen atoms in total. The summed E-state index contributed by atoms with van der Waals surface area (Å²) < 4.78 is 10.7. The minimum Gasteiger partial charge on any atom is -0.479 e. The van der Waals surface area contributed by atoms with Crippen LogP contribution in [0.2, 0.25) is 0 Å². The third kappa shape index (κ3) is 4.29. The second-order valence-corrected chi connectivity index (χ2v) is 4.38. The van der Waals surface area contributed by atoms with E-state index in [1.807, 2.05) is 30.3 Å². The Balaban J connectivity index is 1.99. The van der Waals surface area contributed by atoms with Gasteiger partial charge in [0.2, 0.25) is 5.88 Å². The second kappa shape index (κ2) is 7.40. The molecule has 1 unspecified atom stereocenters. The Labute approximate surface area is 123 Å². The van der Waals surface area contributed by atoms with Crippen LogP contribution in [0.5, 0.6) is 5.88 Å². The molecule has 1 aromatic heterocycles. The van der Waals surface area contributed by atoms with Gasteiger partial charge in [-0.15, -0.1) is 0 Å². The van der Waals surface area contributed by atoms with Crippen molar-refractivity contribution in [1.29, 1.82) is 0 Å². The molecule has 2 aromatic rings. The molecule has 0 amide bonds. The van der Waals surface area contributed by atoms with Crippen molar-refractivity contribution in [2.45, 2.75) is 19.6 Å². The number of carboxylic acid groups (broad SMARTS) is 1. The van der Waals surface area contributed by atoms with Crippen molar-refractivity contribution < 1.29 is 19.4 Å². The van der Waals surface area contributed by atoms with E-state index in [2.05, 4.69) is 4.98 Å². The highest BCUT2D eigenvalue weighted by atomic mass is 16.5. The summed E-state index contributed by atoms with van der Waals surface area (Å²) in [6.07, 6.45) is 0.472. The number of benzene rings is 1. The van der Waals surface area contributed by atoms with Crippen LogP contribution < -0.4 is 4.74 Å². The first-order valence-electron chi connectivity index (χ1n) is 6.67. The minimum atomic E-state index is -1.03. The quantitative estimate of drug-likeness (QED) is 0.848. The lowest BCUT2D eigenvalue weighted by Crippen LogP contribution is -2.15. The average molecular weight is 287 g/mol. The summed E-state index contributed by atoms with van der Waals surface area (Å²) in [6.45, 7) is 2.49. The molecule has 1 heterocycles. The van der Waals surface area contributed by atoms with Gasteiger partial charge in [0, 0.05) is 24.4 Å². The maximum Gasteiger partial charge on any atom is 0.337 e. The Morgan fingerprint density at radius 1 is 1.24 bits per heavy atom. The lowest BCUT2D eigenvalue weighted by Gasteiger charge is -2.12. The first kappa shape index (κ1) is 15.0. The average Bonchev–Trinajstić information content (AvgIpc) is 2.52. The van der Waals surface area contributed by atoms with Gasteiger partial charge in [0.05, 0.1) is 0 Å². The smallest absolute Gasteiger partial charge is 0.337 e. The fourth-order valence-electron chi connectivity index (χ4n) is 1.84. The van der Waals surface area contributed by atoms with Crippen molar-refractivity contribution in [3.63, 3.8) is 0 Å². The highest BCUT2D eigenvalue weighted by Crippen LogP contribution is 2.19. The maximum absolute atomic E-state index is 11.1. The number of nitrogens with zero attached hydrogens (tertiary/aromatic N) is 1. The van der Waals surface area contributed by atoms with Crippen LogP contribution >= 0.6 is 0 Å². The normalized spacial score (nSPS) is 11.9. The molecule has 0 radical (unpaired) electrons. The van der Waals surface area contributed by atoms with E-state index in [0.29, 0.717) is 24.7 Å². The Kier molecular flexibility index (Phi) is 5.29. The van der Waals surface area contributed by atoms with Crippen LogP contribution in [-0.2, 0) is 16.1 Å². The second-order valence-electron chi connectivity index (χ2n) is 4.38. The van der Waals surface area contributed by atoms with Crippen molar-refractivity contribution in [2.24, 2.45) is 0 Å². The number of hydrogen-bond donors (Lipinski definition) is 1. The molecular weight excluding hydrogens is 270 g/mol. The number of pyridine rings is 1. The van der Waals surface area contributed by atoms with Crippen LogP contribution in [0, 0.1) is 0 Å². The topological polar surface area (TPSA) is 68.7 Å². The van der Waals surface area contributed by atoms with Crippen LogP contribution in [0.3, 0.4) is 0 Å². The van der Waals surface area contributed by atoms with Gasteiger partial charge in [-0.1, -0.05) is 30.3 Å². The highest BCUT2D eigenvalue weighted by molar-refractivity contribution is 5.74. The van der Waals surface area contributed by atoms with Crippen molar-refractivity contribution in [1.82, 2.24) is 4.98 Å². The van der Waals surface area contributed by atoms with E-state index < -0.39 is 12.1 Å². The van der Waals surface area contributed by atoms with Crippen molar-refractivity contribution in [2.75, 3.05) is 6.61 Å². The number of hydrogen-bond acceptors (Lipinski definition) is 4. The largest absolute Gasteiger partial charge is 0.479 e. The molecule has 21 heavy (non-hydrogen) atoms. The van der Waals surface area contributed by atoms with Crippen LogP contribution in [0.25, 0.3) is 0 Å². The molecule has 0 saturated heterocycles. The van der Waals surface area contributed by atoms with E-state index in [-0.39, 0.29) is 0 Å². The van der Waals surface area contributed by atoms with E-state index in [4.69, 9.17) is 14.6 Å². The van der Waals surface area contributed by atoms with Crippen LogP contribution in [0.15, 0.2) is 48.7 Å².